The highest BCUT2D eigenvalue weighted by atomic mass is 31.2. The summed E-state index contributed by atoms with van der Waals surface area (Å²) in [6, 6.07) is 3.45. The van der Waals surface area contributed by atoms with Crippen LogP contribution < -0.4 is 16.4 Å². The molecule has 0 saturated carbocycles. The molecule has 0 aliphatic carbocycles. The summed E-state index contributed by atoms with van der Waals surface area (Å²) in [6.45, 7) is 12.4. The molecule has 2 atom stereocenters. The van der Waals surface area contributed by atoms with Gasteiger partial charge in [0, 0.05) is 12.1 Å². The molecule has 10 heteroatoms. The van der Waals surface area contributed by atoms with Gasteiger partial charge >= 0.3 is 7.52 Å². The second-order valence-electron chi connectivity index (χ2n) is 10.6. The molecule has 0 fully saturated rings. The summed E-state index contributed by atoms with van der Waals surface area (Å²) in [7, 11) is -4.33. The molecule has 2 aliphatic heterocycles. The standard InChI is InChI=1S/C22H31N4O5P/c1-21(2,3)9-10-26-17(22(4,5)6)16(27)15(20(26)29)19-24-13-8-7-12(18(23)28)11-14(13)32(30,31)25-19/h7-8,11,17,27H,9-10H2,1-6H3,(H2,23,28)(H2,24,25,30,31)/t17-/m1/s1. The number of carbonyl (C=O) groups is 2. The second kappa shape index (κ2) is 7.74. The van der Waals surface area contributed by atoms with Crippen molar-refractivity contribution < 1.29 is 24.2 Å². The van der Waals surface area contributed by atoms with Gasteiger partial charge in [-0.05, 0) is 35.4 Å². The van der Waals surface area contributed by atoms with E-state index in [1.165, 1.54) is 18.2 Å². The molecule has 0 radical (unpaired) electrons. The van der Waals surface area contributed by atoms with Gasteiger partial charge in [0.15, 0.2) is 5.84 Å². The fraction of sp³-hybridized carbons (Fsp3) is 0.500. The Labute approximate surface area is 187 Å². The molecule has 1 aromatic rings. The van der Waals surface area contributed by atoms with Gasteiger partial charge < -0.3 is 26.0 Å². The highest BCUT2D eigenvalue weighted by molar-refractivity contribution is 7.65. The SMILES string of the molecule is CC(C)(C)CCN1C(=O)C(C2=NP(=O)(O)c3cc(C(N)=O)ccc3N2)=C(O)[C@@H]1C(C)(C)C. The van der Waals surface area contributed by atoms with E-state index in [0.29, 0.717) is 13.0 Å². The lowest BCUT2D eigenvalue weighted by molar-refractivity contribution is -0.128. The Hall–Kier alpha value is -2.64. The molecule has 32 heavy (non-hydrogen) atoms. The van der Waals surface area contributed by atoms with Crippen LogP contribution in [0.3, 0.4) is 0 Å². The van der Waals surface area contributed by atoms with Crippen molar-refractivity contribution in [2.45, 2.75) is 54.0 Å². The van der Waals surface area contributed by atoms with Gasteiger partial charge in [0.05, 0.1) is 17.0 Å². The molecule has 2 aliphatic rings. The molecule has 0 saturated heterocycles. The average molecular weight is 462 g/mol. The van der Waals surface area contributed by atoms with E-state index in [2.05, 4.69) is 30.9 Å². The molecule has 5 N–H and O–H groups in total. The minimum absolute atomic E-state index is 0.0282. The van der Waals surface area contributed by atoms with Gasteiger partial charge in [0.2, 0.25) is 5.91 Å². The first-order chi connectivity index (χ1) is 14.5. The summed E-state index contributed by atoms with van der Waals surface area (Å²) in [5.41, 5.74) is 4.94. The van der Waals surface area contributed by atoms with E-state index in [0.717, 1.165) is 0 Å². The van der Waals surface area contributed by atoms with Crippen LogP contribution in [0.15, 0.2) is 34.3 Å². The number of fused-ring (bicyclic) bond motifs is 1. The van der Waals surface area contributed by atoms with Crippen LogP contribution in [0.2, 0.25) is 0 Å². The number of nitrogens with one attached hydrogen (secondary N) is 1. The Morgan fingerprint density at radius 1 is 1.25 bits per heavy atom. The summed E-state index contributed by atoms with van der Waals surface area (Å²) in [5.74, 6) is -1.53. The Morgan fingerprint density at radius 3 is 2.41 bits per heavy atom. The third kappa shape index (κ3) is 4.45. The molecule has 3 rings (SSSR count). The van der Waals surface area contributed by atoms with Gasteiger partial charge in [0.25, 0.3) is 5.91 Å². The van der Waals surface area contributed by atoms with E-state index in [9.17, 15) is 24.2 Å². The highest BCUT2D eigenvalue weighted by Crippen LogP contribution is 2.48. The Kier molecular flexibility index (Phi) is 5.81. The zero-order chi connectivity index (χ0) is 24.2. The van der Waals surface area contributed by atoms with E-state index < -0.39 is 30.8 Å². The van der Waals surface area contributed by atoms with Crippen molar-refractivity contribution in [3.05, 3.63) is 35.1 Å². The third-order valence-electron chi connectivity index (χ3n) is 5.55. The number of hydrogen-bond acceptors (Lipinski definition) is 5. The summed E-state index contributed by atoms with van der Waals surface area (Å²) < 4.78 is 16.9. The predicted octanol–water partition coefficient (Wildman–Crippen LogP) is 2.93. The lowest BCUT2D eigenvalue weighted by Gasteiger charge is -2.36. The van der Waals surface area contributed by atoms with Crippen LogP contribution in [-0.4, -0.2) is 45.1 Å². The number of amidine groups is 1. The lowest BCUT2D eigenvalue weighted by Crippen LogP contribution is -2.45. The first kappa shape index (κ1) is 24.0. The first-order valence-corrected chi connectivity index (χ1v) is 12.0. The molecule has 1 aromatic carbocycles. The van der Waals surface area contributed by atoms with E-state index in [1.54, 1.807) is 4.90 Å². The number of anilines is 1. The maximum Gasteiger partial charge on any atom is 0.346 e. The maximum atomic E-state index is 13.4. The van der Waals surface area contributed by atoms with Gasteiger partial charge in [0.1, 0.15) is 11.3 Å². The normalized spacial score (nSPS) is 23.7. The van der Waals surface area contributed by atoms with Gasteiger partial charge in [-0.3, -0.25) is 14.2 Å². The Morgan fingerprint density at radius 2 is 1.88 bits per heavy atom. The van der Waals surface area contributed by atoms with E-state index in [-0.39, 0.29) is 39.1 Å². The topological polar surface area (TPSA) is 145 Å². The molecule has 0 spiro atoms. The summed E-state index contributed by atoms with van der Waals surface area (Å²) in [4.78, 5) is 37.1. The summed E-state index contributed by atoms with van der Waals surface area (Å²) in [6.07, 6.45) is 0.711. The molecule has 9 nitrogen and oxygen atoms in total. The van der Waals surface area contributed by atoms with Crippen LogP contribution in [0.25, 0.3) is 0 Å². The molecule has 1 unspecified atom stereocenters. The van der Waals surface area contributed by atoms with Crippen molar-refractivity contribution in [3.8, 4) is 0 Å². The number of hydrogen-bond donors (Lipinski definition) is 4. The van der Waals surface area contributed by atoms with Crippen molar-refractivity contribution in [2.24, 2.45) is 21.3 Å². The minimum atomic E-state index is -4.33. The van der Waals surface area contributed by atoms with Gasteiger partial charge in [-0.15, -0.1) is 0 Å². The average Bonchev–Trinajstić information content (AvgIpc) is 2.88. The largest absolute Gasteiger partial charge is 0.509 e. The predicted molar refractivity (Wildman–Crippen MR) is 124 cm³/mol. The van der Waals surface area contributed by atoms with Crippen LogP contribution in [0.5, 0.6) is 0 Å². The first-order valence-electron chi connectivity index (χ1n) is 10.4. The number of aliphatic hydroxyl groups is 1. The molecule has 2 heterocycles. The van der Waals surface area contributed by atoms with Crippen LogP contribution in [0.1, 0.15) is 58.3 Å². The summed E-state index contributed by atoms with van der Waals surface area (Å²) in [5, 5.41) is 13.9. The van der Waals surface area contributed by atoms with Crippen molar-refractivity contribution >= 4 is 36.2 Å². The Bertz CT molecular complexity index is 1090. The molecule has 174 valence electrons. The van der Waals surface area contributed by atoms with Gasteiger partial charge in [-0.1, -0.05) is 41.5 Å². The quantitative estimate of drug-likeness (QED) is 0.506. The van der Waals surface area contributed by atoms with Crippen molar-refractivity contribution in [2.75, 3.05) is 11.9 Å². The van der Waals surface area contributed by atoms with Crippen LogP contribution in [0.4, 0.5) is 5.69 Å². The maximum absolute atomic E-state index is 13.4. The van der Waals surface area contributed by atoms with Crippen LogP contribution >= 0.6 is 7.52 Å². The molecular formula is C22H31N4O5P. The van der Waals surface area contributed by atoms with Crippen LogP contribution in [-0.2, 0) is 9.36 Å². The number of carbonyl (C=O) groups excluding carboxylic acids is 2. The number of nitrogens with two attached hydrogens (primary N) is 1. The fourth-order valence-electron chi connectivity index (χ4n) is 3.93. The van der Waals surface area contributed by atoms with E-state index >= 15 is 0 Å². The van der Waals surface area contributed by atoms with Gasteiger partial charge in [-0.2, -0.15) is 4.76 Å². The fourth-order valence-corrected chi connectivity index (χ4v) is 5.21. The molecule has 0 aromatic heterocycles. The number of primary amides is 1. The Balaban J connectivity index is 2.06. The molecule has 2 amide bonds. The third-order valence-corrected chi connectivity index (χ3v) is 7.01. The highest BCUT2D eigenvalue weighted by Gasteiger charge is 2.48. The molecular weight excluding hydrogens is 431 g/mol. The van der Waals surface area contributed by atoms with E-state index in [4.69, 9.17) is 5.73 Å². The van der Waals surface area contributed by atoms with Crippen molar-refractivity contribution in [1.82, 2.24) is 4.90 Å². The number of amides is 2. The molecule has 0 bridgehead atoms. The van der Waals surface area contributed by atoms with E-state index in [1.807, 2.05) is 20.8 Å². The zero-order valence-electron chi connectivity index (χ0n) is 19.3. The number of nitrogens with zero attached hydrogens (tertiary/aromatic N) is 2. The van der Waals surface area contributed by atoms with Crippen LogP contribution in [0, 0.1) is 10.8 Å². The zero-order valence-corrected chi connectivity index (χ0v) is 20.2. The second-order valence-corrected chi connectivity index (χ2v) is 12.3. The van der Waals surface area contributed by atoms with Crippen molar-refractivity contribution in [3.63, 3.8) is 0 Å². The lowest BCUT2D eigenvalue weighted by atomic mass is 9.84. The summed E-state index contributed by atoms with van der Waals surface area (Å²) >= 11 is 0. The monoisotopic (exact) mass is 462 g/mol. The number of benzene rings is 1. The van der Waals surface area contributed by atoms with Gasteiger partial charge in [-0.25, -0.2) is 0 Å². The number of aliphatic hydroxyl groups excluding tert-OH is 1. The minimum Gasteiger partial charge on any atom is -0.509 e. The number of rotatable bonds is 4. The smallest absolute Gasteiger partial charge is 0.346 e. The van der Waals surface area contributed by atoms with Crippen molar-refractivity contribution in [1.29, 1.82) is 0 Å².